The fourth-order valence-electron chi connectivity index (χ4n) is 4.16. The molecule has 2 nitrogen and oxygen atoms in total. The summed E-state index contributed by atoms with van der Waals surface area (Å²) in [6.45, 7) is 5.98. The highest BCUT2D eigenvalue weighted by atomic mass is 15.2. The Morgan fingerprint density at radius 1 is 1.06 bits per heavy atom. The Labute approximate surface area is 109 Å². The predicted octanol–water partition coefficient (Wildman–Crippen LogP) is 2.67. The molecule has 0 bridgehead atoms. The van der Waals surface area contributed by atoms with Crippen LogP contribution in [0.1, 0.15) is 42.4 Å². The minimum atomic E-state index is 0.734. The fourth-order valence-corrected chi connectivity index (χ4v) is 4.16. The van der Waals surface area contributed by atoms with Crippen LogP contribution in [-0.4, -0.2) is 18.0 Å². The molecular formula is C16H22N2. The van der Waals surface area contributed by atoms with E-state index in [1.807, 2.05) is 0 Å². The van der Waals surface area contributed by atoms with Gasteiger partial charge in [0.05, 0.1) is 0 Å². The quantitative estimate of drug-likeness (QED) is 0.857. The maximum absolute atomic E-state index is 3.42. The van der Waals surface area contributed by atoms with Gasteiger partial charge in [-0.15, -0.1) is 0 Å². The Morgan fingerprint density at radius 2 is 1.83 bits per heavy atom. The van der Waals surface area contributed by atoms with Gasteiger partial charge in [-0.05, 0) is 34.9 Å². The van der Waals surface area contributed by atoms with Crippen molar-refractivity contribution in [2.45, 2.75) is 45.3 Å². The SMILES string of the molecule is c1cc2c(cc1CN1CC3(CCCC3)C1)CNC2. The summed E-state index contributed by atoms with van der Waals surface area (Å²) in [7, 11) is 0. The van der Waals surface area contributed by atoms with E-state index in [0.29, 0.717) is 0 Å². The number of nitrogens with zero attached hydrogens (tertiary/aromatic N) is 1. The van der Waals surface area contributed by atoms with Crippen LogP contribution in [0, 0.1) is 5.41 Å². The monoisotopic (exact) mass is 242 g/mol. The molecule has 1 aromatic rings. The molecule has 1 spiro atoms. The lowest BCUT2D eigenvalue weighted by Crippen LogP contribution is -2.54. The van der Waals surface area contributed by atoms with Gasteiger partial charge in [0.2, 0.25) is 0 Å². The van der Waals surface area contributed by atoms with Crippen LogP contribution in [0.15, 0.2) is 18.2 Å². The number of fused-ring (bicyclic) bond motifs is 1. The van der Waals surface area contributed by atoms with Gasteiger partial charge in [-0.1, -0.05) is 31.0 Å². The van der Waals surface area contributed by atoms with Crippen molar-refractivity contribution >= 4 is 0 Å². The summed E-state index contributed by atoms with van der Waals surface area (Å²) in [5.74, 6) is 0. The van der Waals surface area contributed by atoms with E-state index in [2.05, 4.69) is 28.4 Å². The number of benzene rings is 1. The van der Waals surface area contributed by atoms with E-state index in [1.165, 1.54) is 55.5 Å². The maximum Gasteiger partial charge on any atom is 0.0234 e. The molecule has 4 rings (SSSR count). The second kappa shape index (κ2) is 4.07. The number of rotatable bonds is 2. The zero-order valence-electron chi connectivity index (χ0n) is 11.0. The molecule has 3 aliphatic rings. The van der Waals surface area contributed by atoms with E-state index in [1.54, 1.807) is 0 Å². The van der Waals surface area contributed by atoms with Crippen molar-refractivity contribution in [3.05, 3.63) is 34.9 Å². The van der Waals surface area contributed by atoms with E-state index in [-0.39, 0.29) is 0 Å². The van der Waals surface area contributed by atoms with E-state index in [9.17, 15) is 0 Å². The Kier molecular flexibility index (Phi) is 2.49. The lowest BCUT2D eigenvalue weighted by atomic mass is 9.78. The molecule has 0 amide bonds. The van der Waals surface area contributed by atoms with Crippen LogP contribution in [0.4, 0.5) is 0 Å². The topological polar surface area (TPSA) is 15.3 Å². The van der Waals surface area contributed by atoms with Crippen molar-refractivity contribution < 1.29 is 0 Å². The summed E-state index contributed by atoms with van der Waals surface area (Å²) >= 11 is 0. The lowest BCUT2D eigenvalue weighted by molar-refractivity contribution is -0.000259. The van der Waals surface area contributed by atoms with Gasteiger partial charge < -0.3 is 5.32 Å². The van der Waals surface area contributed by atoms with Gasteiger partial charge in [-0.25, -0.2) is 0 Å². The third-order valence-electron chi connectivity index (χ3n) is 5.09. The first-order valence-electron chi connectivity index (χ1n) is 7.37. The van der Waals surface area contributed by atoms with Crippen molar-refractivity contribution in [1.29, 1.82) is 0 Å². The van der Waals surface area contributed by atoms with Gasteiger partial charge in [0.25, 0.3) is 0 Å². The number of likely N-dealkylation sites (tertiary alicyclic amines) is 1. The number of hydrogen-bond acceptors (Lipinski definition) is 2. The van der Waals surface area contributed by atoms with E-state index in [4.69, 9.17) is 0 Å². The number of nitrogens with one attached hydrogen (secondary N) is 1. The highest BCUT2D eigenvalue weighted by Gasteiger charge is 2.44. The second-order valence-electron chi connectivity index (χ2n) is 6.56. The highest BCUT2D eigenvalue weighted by Crippen LogP contribution is 2.45. The Hall–Kier alpha value is -0.860. The van der Waals surface area contributed by atoms with Crippen LogP contribution in [0.25, 0.3) is 0 Å². The summed E-state index contributed by atoms with van der Waals surface area (Å²) in [6.07, 6.45) is 5.91. The van der Waals surface area contributed by atoms with Crippen LogP contribution >= 0.6 is 0 Å². The molecule has 1 saturated heterocycles. The third-order valence-corrected chi connectivity index (χ3v) is 5.09. The molecule has 0 atom stereocenters. The standard InChI is InChI=1S/C16H22N2/c1-2-6-16(5-1)11-18(12-16)10-13-3-4-14-8-17-9-15(14)7-13/h3-4,7,17H,1-2,5-6,8-12H2. The van der Waals surface area contributed by atoms with E-state index < -0.39 is 0 Å². The maximum atomic E-state index is 3.42. The van der Waals surface area contributed by atoms with Crippen molar-refractivity contribution in [1.82, 2.24) is 10.2 Å². The number of hydrogen-bond donors (Lipinski definition) is 1. The Bertz CT molecular complexity index is 452. The molecule has 1 aliphatic carbocycles. The minimum absolute atomic E-state index is 0.734. The molecule has 2 heterocycles. The normalized spacial score (nSPS) is 25.3. The summed E-state index contributed by atoms with van der Waals surface area (Å²) in [4.78, 5) is 2.63. The van der Waals surface area contributed by atoms with Gasteiger partial charge >= 0.3 is 0 Å². The molecule has 1 N–H and O–H groups in total. The Morgan fingerprint density at radius 3 is 2.67 bits per heavy atom. The molecule has 2 aliphatic heterocycles. The van der Waals surface area contributed by atoms with Crippen LogP contribution in [0.5, 0.6) is 0 Å². The molecule has 0 aromatic heterocycles. The predicted molar refractivity (Wildman–Crippen MR) is 73.2 cm³/mol. The minimum Gasteiger partial charge on any atom is -0.309 e. The van der Waals surface area contributed by atoms with Gasteiger partial charge in [-0.3, -0.25) is 4.90 Å². The van der Waals surface area contributed by atoms with Crippen LogP contribution in [0.3, 0.4) is 0 Å². The molecule has 0 unspecified atom stereocenters. The molecule has 1 saturated carbocycles. The highest BCUT2D eigenvalue weighted by molar-refractivity contribution is 5.34. The van der Waals surface area contributed by atoms with Gasteiger partial charge in [0, 0.05) is 32.7 Å². The second-order valence-corrected chi connectivity index (χ2v) is 6.56. The van der Waals surface area contributed by atoms with Crippen LogP contribution in [0.2, 0.25) is 0 Å². The zero-order chi connectivity index (χ0) is 12.0. The van der Waals surface area contributed by atoms with Gasteiger partial charge in [0.1, 0.15) is 0 Å². The molecule has 2 heteroatoms. The molecule has 18 heavy (non-hydrogen) atoms. The molecule has 96 valence electrons. The summed E-state index contributed by atoms with van der Waals surface area (Å²) in [5.41, 5.74) is 5.25. The summed E-state index contributed by atoms with van der Waals surface area (Å²) in [6, 6.07) is 7.05. The molecular weight excluding hydrogens is 220 g/mol. The van der Waals surface area contributed by atoms with Crippen molar-refractivity contribution in [3.8, 4) is 0 Å². The molecule has 1 aromatic carbocycles. The van der Waals surface area contributed by atoms with Crippen molar-refractivity contribution in [2.24, 2.45) is 5.41 Å². The zero-order valence-corrected chi connectivity index (χ0v) is 11.0. The van der Waals surface area contributed by atoms with Crippen LogP contribution in [-0.2, 0) is 19.6 Å². The largest absolute Gasteiger partial charge is 0.309 e. The van der Waals surface area contributed by atoms with Gasteiger partial charge in [0.15, 0.2) is 0 Å². The van der Waals surface area contributed by atoms with E-state index >= 15 is 0 Å². The molecule has 2 fully saturated rings. The summed E-state index contributed by atoms with van der Waals surface area (Å²) in [5, 5.41) is 3.42. The van der Waals surface area contributed by atoms with Crippen molar-refractivity contribution in [3.63, 3.8) is 0 Å². The Balaban J connectivity index is 1.41. The van der Waals surface area contributed by atoms with Crippen molar-refractivity contribution in [2.75, 3.05) is 13.1 Å². The third kappa shape index (κ3) is 1.79. The van der Waals surface area contributed by atoms with E-state index in [0.717, 1.165) is 25.0 Å². The first-order valence-corrected chi connectivity index (χ1v) is 7.37. The van der Waals surface area contributed by atoms with Gasteiger partial charge in [-0.2, -0.15) is 0 Å². The smallest absolute Gasteiger partial charge is 0.0234 e. The first kappa shape index (κ1) is 11.0. The van der Waals surface area contributed by atoms with Crippen LogP contribution < -0.4 is 5.32 Å². The molecule has 0 radical (unpaired) electrons. The average molecular weight is 242 g/mol. The fraction of sp³-hybridized carbons (Fsp3) is 0.625. The first-order chi connectivity index (χ1) is 8.83. The summed E-state index contributed by atoms with van der Waals surface area (Å²) < 4.78 is 0. The lowest BCUT2D eigenvalue weighted by Gasteiger charge is -2.48. The average Bonchev–Trinajstić information content (AvgIpc) is 2.95.